The number of aryl methyl sites for hydroxylation is 1. The van der Waals surface area contributed by atoms with E-state index in [9.17, 15) is 4.79 Å². The van der Waals surface area contributed by atoms with Gasteiger partial charge in [0.15, 0.2) is 6.61 Å². The number of carbonyl (C=O) groups excluding carboxylic acids is 1. The maximum Gasteiger partial charge on any atom is 0.264 e. The quantitative estimate of drug-likeness (QED) is 0.877. The van der Waals surface area contributed by atoms with E-state index in [4.69, 9.17) is 10.5 Å². The Bertz CT molecular complexity index is 706. The van der Waals surface area contributed by atoms with Gasteiger partial charge in [0.05, 0.1) is 10.7 Å². The van der Waals surface area contributed by atoms with Crippen LogP contribution in [0.25, 0.3) is 11.1 Å². The summed E-state index contributed by atoms with van der Waals surface area (Å²) in [4.78, 5) is 14.6. The monoisotopic (exact) mass is 288 g/mol. The number of anilines is 2. The third-order valence-corrected chi connectivity index (χ3v) is 4.78. The summed E-state index contributed by atoms with van der Waals surface area (Å²) in [7, 11) is 1.77. The molecule has 0 atom stereocenters. The summed E-state index contributed by atoms with van der Waals surface area (Å²) in [5.41, 5.74) is 10.2. The largest absolute Gasteiger partial charge is 0.482 e. The fourth-order valence-electron chi connectivity index (χ4n) is 2.44. The van der Waals surface area contributed by atoms with Crippen molar-refractivity contribution in [2.75, 3.05) is 24.3 Å². The van der Waals surface area contributed by atoms with Gasteiger partial charge in [-0.15, -0.1) is 11.3 Å². The van der Waals surface area contributed by atoms with Crippen molar-refractivity contribution in [2.45, 2.75) is 13.8 Å². The molecular weight excluding hydrogens is 272 g/mol. The molecule has 1 aliphatic heterocycles. The smallest absolute Gasteiger partial charge is 0.264 e. The van der Waals surface area contributed by atoms with E-state index in [1.54, 1.807) is 23.3 Å². The summed E-state index contributed by atoms with van der Waals surface area (Å²) in [5.74, 6) is 0.694. The molecule has 104 valence electrons. The van der Waals surface area contributed by atoms with Gasteiger partial charge in [-0.3, -0.25) is 4.79 Å². The highest BCUT2D eigenvalue weighted by atomic mass is 32.1. The average Bonchev–Trinajstić information content (AvgIpc) is 2.68. The molecule has 0 bridgehead atoms. The maximum atomic E-state index is 11.7. The minimum atomic E-state index is -0.0409. The van der Waals surface area contributed by atoms with E-state index in [0.717, 1.165) is 27.6 Å². The Kier molecular flexibility index (Phi) is 2.94. The van der Waals surface area contributed by atoms with Gasteiger partial charge in [0.2, 0.25) is 0 Å². The van der Waals surface area contributed by atoms with E-state index in [-0.39, 0.29) is 12.5 Å². The van der Waals surface area contributed by atoms with Crippen molar-refractivity contribution in [2.24, 2.45) is 0 Å². The number of benzene rings is 1. The van der Waals surface area contributed by atoms with Crippen LogP contribution in [0.3, 0.4) is 0 Å². The minimum absolute atomic E-state index is 0.0409. The normalized spacial score (nSPS) is 14.2. The molecule has 0 unspecified atom stereocenters. The molecule has 0 fully saturated rings. The molecular formula is C15H16N2O2S. The van der Waals surface area contributed by atoms with Crippen LogP contribution in [-0.4, -0.2) is 19.6 Å². The summed E-state index contributed by atoms with van der Waals surface area (Å²) in [5, 5.41) is 0.811. The second-order valence-electron chi connectivity index (χ2n) is 4.95. The lowest BCUT2D eigenvalue weighted by molar-refractivity contribution is -0.120. The number of ether oxygens (including phenoxy) is 1. The van der Waals surface area contributed by atoms with Crippen LogP contribution in [0.1, 0.15) is 10.4 Å². The number of rotatable bonds is 1. The van der Waals surface area contributed by atoms with Crippen LogP contribution >= 0.6 is 11.3 Å². The highest BCUT2D eigenvalue weighted by Crippen LogP contribution is 2.41. The predicted octanol–water partition coefficient (Wildman–Crippen LogP) is 2.97. The molecule has 2 N–H and O–H groups in total. The number of fused-ring (bicyclic) bond motifs is 1. The fourth-order valence-corrected chi connectivity index (χ4v) is 3.40. The second-order valence-corrected chi connectivity index (χ2v) is 6.20. The summed E-state index contributed by atoms with van der Waals surface area (Å²) < 4.78 is 5.44. The summed E-state index contributed by atoms with van der Waals surface area (Å²) in [6.07, 6.45) is 0. The Balaban J connectivity index is 2.15. The highest BCUT2D eigenvalue weighted by Gasteiger charge is 2.23. The van der Waals surface area contributed by atoms with Gasteiger partial charge in [-0.25, -0.2) is 0 Å². The zero-order valence-electron chi connectivity index (χ0n) is 11.7. The lowest BCUT2D eigenvalue weighted by atomic mass is 10.0. The molecule has 3 rings (SSSR count). The van der Waals surface area contributed by atoms with Gasteiger partial charge >= 0.3 is 0 Å². The van der Waals surface area contributed by atoms with Gasteiger partial charge in [-0.05, 0) is 37.1 Å². The molecule has 2 heterocycles. The Labute approximate surface area is 121 Å². The van der Waals surface area contributed by atoms with Crippen LogP contribution in [0.5, 0.6) is 5.75 Å². The molecule has 0 spiro atoms. The first-order valence-electron chi connectivity index (χ1n) is 6.38. The van der Waals surface area contributed by atoms with Crippen molar-refractivity contribution in [1.29, 1.82) is 0 Å². The van der Waals surface area contributed by atoms with E-state index in [1.807, 2.05) is 18.2 Å². The van der Waals surface area contributed by atoms with E-state index < -0.39 is 0 Å². The van der Waals surface area contributed by atoms with Crippen LogP contribution in [0.2, 0.25) is 0 Å². The molecule has 20 heavy (non-hydrogen) atoms. The molecule has 0 radical (unpaired) electrons. The number of carbonyl (C=O) groups is 1. The van der Waals surface area contributed by atoms with Crippen LogP contribution < -0.4 is 15.4 Å². The lowest BCUT2D eigenvalue weighted by Gasteiger charge is -2.26. The standard InChI is InChI=1S/C15H16N2O2S/c1-8-9(2)20-15(16)14(8)10-4-5-12-11(6-10)17(3)13(18)7-19-12/h4-6H,7,16H2,1-3H3. The lowest BCUT2D eigenvalue weighted by Crippen LogP contribution is -2.35. The Morgan fingerprint density at radius 1 is 1.35 bits per heavy atom. The third-order valence-electron chi connectivity index (χ3n) is 3.75. The number of likely N-dealkylation sites (N-methyl/N-ethyl adjacent to an activating group) is 1. The first-order chi connectivity index (χ1) is 9.49. The van der Waals surface area contributed by atoms with Crippen LogP contribution in [-0.2, 0) is 4.79 Å². The number of hydrogen-bond donors (Lipinski definition) is 1. The summed E-state index contributed by atoms with van der Waals surface area (Å²) >= 11 is 1.60. The van der Waals surface area contributed by atoms with Gasteiger partial charge in [0.25, 0.3) is 5.91 Å². The Hall–Kier alpha value is -2.01. The molecule has 4 nitrogen and oxygen atoms in total. The number of nitrogens with two attached hydrogens (primary N) is 1. The Morgan fingerprint density at radius 3 is 2.75 bits per heavy atom. The highest BCUT2D eigenvalue weighted by molar-refractivity contribution is 7.16. The maximum absolute atomic E-state index is 11.7. The molecule has 1 aliphatic rings. The van der Waals surface area contributed by atoms with E-state index >= 15 is 0 Å². The van der Waals surface area contributed by atoms with E-state index in [2.05, 4.69) is 13.8 Å². The molecule has 0 saturated carbocycles. The Morgan fingerprint density at radius 2 is 2.10 bits per heavy atom. The number of nitrogen functional groups attached to an aromatic ring is 1. The topological polar surface area (TPSA) is 55.6 Å². The number of amides is 1. The van der Waals surface area contributed by atoms with Crippen molar-refractivity contribution >= 4 is 27.9 Å². The average molecular weight is 288 g/mol. The van der Waals surface area contributed by atoms with Crippen LogP contribution in [0.4, 0.5) is 10.7 Å². The number of hydrogen-bond acceptors (Lipinski definition) is 4. The third kappa shape index (κ3) is 1.86. The van der Waals surface area contributed by atoms with Gasteiger partial charge < -0.3 is 15.4 Å². The number of nitrogens with zero attached hydrogens (tertiary/aromatic N) is 1. The minimum Gasteiger partial charge on any atom is -0.482 e. The zero-order chi connectivity index (χ0) is 14.4. The number of thiophene rings is 1. The molecule has 2 aromatic rings. The van der Waals surface area contributed by atoms with Gasteiger partial charge in [-0.2, -0.15) is 0 Å². The molecule has 5 heteroatoms. The van der Waals surface area contributed by atoms with Crippen LogP contribution in [0.15, 0.2) is 18.2 Å². The summed E-state index contributed by atoms with van der Waals surface area (Å²) in [6.45, 7) is 4.24. The molecule has 0 aliphatic carbocycles. The van der Waals surface area contributed by atoms with E-state index in [1.165, 1.54) is 10.4 Å². The second kappa shape index (κ2) is 4.52. The van der Waals surface area contributed by atoms with Crippen molar-refractivity contribution in [1.82, 2.24) is 0 Å². The molecule has 1 aromatic heterocycles. The first-order valence-corrected chi connectivity index (χ1v) is 7.20. The fraction of sp³-hybridized carbons (Fsp3) is 0.267. The predicted molar refractivity (Wildman–Crippen MR) is 82.5 cm³/mol. The van der Waals surface area contributed by atoms with Gasteiger partial charge in [0, 0.05) is 17.5 Å². The van der Waals surface area contributed by atoms with E-state index in [0.29, 0.717) is 0 Å². The SMILES string of the molecule is Cc1sc(N)c(-c2ccc3c(c2)N(C)C(=O)CO3)c1C. The molecule has 1 aromatic carbocycles. The zero-order valence-corrected chi connectivity index (χ0v) is 12.5. The van der Waals surface area contributed by atoms with Crippen LogP contribution in [0, 0.1) is 13.8 Å². The molecule has 0 saturated heterocycles. The van der Waals surface area contributed by atoms with Gasteiger partial charge in [0.1, 0.15) is 5.75 Å². The van der Waals surface area contributed by atoms with Crippen molar-refractivity contribution in [3.8, 4) is 16.9 Å². The van der Waals surface area contributed by atoms with Crippen molar-refractivity contribution in [3.05, 3.63) is 28.6 Å². The summed E-state index contributed by atoms with van der Waals surface area (Å²) in [6, 6.07) is 5.87. The van der Waals surface area contributed by atoms with Gasteiger partial charge in [-0.1, -0.05) is 6.07 Å². The van der Waals surface area contributed by atoms with Crippen molar-refractivity contribution in [3.63, 3.8) is 0 Å². The first kappa shape index (κ1) is 13.0. The van der Waals surface area contributed by atoms with Crippen molar-refractivity contribution < 1.29 is 9.53 Å². The molecule has 1 amide bonds.